The molecule has 0 radical (unpaired) electrons. The number of hydrogen-bond acceptors (Lipinski definition) is 8. The van der Waals surface area contributed by atoms with E-state index in [2.05, 4.69) is 25.9 Å². The fourth-order valence-electron chi connectivity index (χ4n) is 4.98. The first kappa shape index (κ1) is 23.1. The molecule has 3 atom stereocenters. The summed E-state index contributed by atoms with van der Waals surface area (Å²) >= 11 is 0. The molecular formula is C24H33N9O2. The molecule has 2 fully saturated rings. The number of H-pyrrole nitrogens is 1. The molecule has 3 aromatic heterocycles. The first-order chi connectivity index (χ1) is 16.6. The smallest absolute Gasteiger partial charge is 0.410 e. The first-order valence-electron chi connectivity index (χ1n) is 12.1. The number of aromatic nitrogens is 6. The molecule has 0 aromatic carbocycles. The zero-order valence-corrected chi connectivity index (χ0v) is 20.9. The summed E-state index contributed by atoms with van der Waals surface area (Å²) in [5.41, 5.74) is 2.13. The van der Waals surface area contributed by atoms with Crippen molar-refractivity contribution in [3.8, 4) is 11.3 Å². The van der Waals surface area contributed by atoms with E-state index in [4.69, 9.17) is 14.7 Å². The Morgan fingerprint density at radius 3 is 2.49 bits per heavy atom. The number of fused-ring (bicyclic) bond motifs is 2. The van der Waals surface area contributed by atoms with Crippen molar-refractivity contribution in [2.24, 2.45) is 7.05 Å². The number of carbonyl (C=O) groups is 1. The number of anilines is 3. The summed E-state index contributed by atoms with van der Waals surface area (Å²) in [6, 6.07) is 4.29. The van der Waals surface area contributed by atoms with Gasteiger partial charge in [-0.15, -0.1) is 0 Å². The molecule has 5 heterocycles. The molecule has 1 amide bonds. The van der Waals surface area contributed by atoms with E-state index in [-0.39, 0.29) is 24.2 Å². The van der Waals surface area contributed by atoms with Crippen molar-refractivity contribution in [3.63, 3.8) is 0 Å². The Labute approximate surface area is 204 Å². The summed E-state index contributed by atoms with van der Waals surface area (Å²) in [6.45, 7) is 7.67. The summed E-state index contributed by atoms with van der Waals surface area (Å²) in [5.74, 6) is 1.87. The van der Waals surface area contributed by atoms with Crippen LogP contribution in [0.5, 0.6) is 0 Å². The molecule has 0 aliphatic carbocycles. The van der Waals surface area contributed by atoms with Crippen LogP contribution in [0.3, 0.4) is 0 Å². The highest BCUT2D eigenvalue weighted by atomic mass is 16.6. The van der Waals surface area contributed by atoms with E-state index < -0.39 is 5.60 Å². The molecular weight excluding hydrogens is 446 g/mol. The van der Waals surface area contributed by atoms with Gasteiger partial charge in [0.25, 0.3) is 0 Å². The highest BCUT2D eigenvalue weighted by Gasteiger charge is 2.45. The van der Waals surface area contributed by atoms with Crippen molar-refractivity contribution in [1.82, 2.24) is 34.8 Å². The van der Waals surface area contributed by atoms with E-state index in [1.165, 1.54) is 0 Å². The number of piperidine rings is 1. The van der Waals surface area contributed by atoms with Gasteiger partial charge < -0.3 is 20.3 Å². The number of nitrogens with zero attached hydrogens (tertiary/aromatic N) is 6. The summed E-state index contributed by atoms with van der Waals surface area (Å²) in [6.07, 6.45) is 7.14. The van der Waals surface area contributed by atoms with Gasteiger partial charge in [-0.1, -0.05) is 0 Å². The van der Waals surface area contributed by atoms with Crippen LogP contribution in [0.2, 0.25) is 0 Å². The molecule has 11 nitrogen and oxygen atoms in total. The predicted molar refractivity (Wildman–Crippen MR) is 132 cm³/mol. The van der Waals surface area contributed by atoms with Crippen LogP contribution >= 0.6 is 0 Å². The number of carbonyl (C=O) groups excluding carboxylic acids is 1. The van der Waals surface area contributed by atoms with Crippen LogP contribution in [-0.2, 0) is 11.8 Å². The Morgan fingerprint density at radius 1 is 1.14 bits per heavy atom. The van der Waals surface area contributed by atoms with Crippen molar-refractivity contribution >= 4 is 23.7 Å². The number of aryl methyl sites for hydroxylation is 2. The van der Waals surface area contributed by atoms with E-state index >= 15 is 0 Å². The maximum atomic E-state index is 12.8. The van der Waals surface area contributed by atoms with Crippen LogP contribution in [0.4, 0.5) is 22.4 Å². The number of rotatable bonds is 5. The fraction of sp³-hybridized carbons (Fsp3) is 0.542. The van der Waals surface area contributed by atoms with E-state index in [0.717, 1.165) is 42.6 Å². The Kier molecular flexibility index (Phi) is 5.86. The molecule has 5 rings (SSSR count). The molecule has 186 valence electrons. The zero-order valence-electron chi connectivity index (χ0n) is 20.9. The molecule has 2 aliphatic rings. The fourth-order valence-corrected chi connectivity index (χ4v) is 4.98. The average molecular weight is 480 g/mol. The molecule has 2 bridgehead atoms. The Hall–Kier alpha value is -3.63. The highest BCUT2D eigenvalue weighted by molar-refractivity contribution is 5.70. The number of ether oxygens (including phenoxy) is 1. The lowest BCUT2D eigenvalue weighted by Crippen LogP contribution is -2.51. The summed E-state index contributed by atoms with van der Waals surface area (Å²) in [7, 11) is 1.88. The van der Waals surface area contributed by atoms with Crippen LogP contribution in [-0.4, -0.2) is 64.7 Å². The Morgan fingerprint density at radius 2 is 1.89 bits per heavy atom. The Balaban J connectivity index is 1.35. The minimum absolute atomic E-state index is 0.159. The van der Waals surface area contributed by atoms with Gasteiger partial charge in [0.1, 0.15) is 11.4 Å². The Bertz CT molecular complexity index is 1200. The van der Waals surface area contributed by atoms with E-state index in [1.54, 1.807) is 10.9 Å². The summed E-state index contributed by atoms with van der Waals surface area (Å²) in [4.78, 5) is 24.2. The second kappa shape index (κ2) is 8.86. The number of aromatic amines is 1. The standard InChI is InChI=1S/C24H33N9O2/c1-14-8-21(31-30-14)28-20-11-19(15-12-25-32(5)13-15)27-22(29-20)26-16-9-17-6-7-18(10-16)33(17)23(34)35-24(2,3)4/h8,11-13,16-18H,6-7,9-10H2,1-5H3,(H3,26,27,28,29,30,31)/t16-,17-,18+. The van der Waals surface area contributed by atoms with Gasteiger partial charge in [-0.2, -0.15) is 15.2 Å². The maximum Gasteiger partial charge on any atom is 0.410 e. The summed E-state index contributed by atoms with van der Waals surface area (Å²) < 4.78 is 7.42. The molecule has 0 unspecified atom stereocenters. The monoisotopic (exact) mass is 479 g/mol. The number of hydrogen-bond donors (Lipinski definition) is 3. The third kappa shape index (κ3) is 5.23. The molecule has 3 N–H and O–H groups in total. The summed E-state index contributed by atoms with van der Waals surface area (Å²) in [5, 5.41) is 18.3. The molecule has 35 heavy (non-hydrogen) atoms. The molecule has 2 aliphatic heterocycles. The van der Waals surface area contributed by atoms with Gasteiger partial charge in [-0.3, -0.25) is 9.78 Å². The molecule has 0 saturated carbocycles. The zero-order chi connectivity index (χ0) is 24.7. The predicted octanol–water partition coefficient (Wildman–Crippen LogP) is 3.99. The SMILES string of the molecule is Cc1cc(Nc2cc(-c3cnn(C)c3)nc(N[C@@H]3C[C@H]4CC[C@@H](C3)N4C(=O)OC(C)(C)C)n2)n[nH]1. The van der Waals surface area contributed by atoms with Crippen LogP contribution < -0.4 is 10.6 Å². The van der Waals surface area contributed by atoms with E-state index in [0.29, 0.717) is 17.6 Å². The maximum absolute atomic E-state index is 12.8. The van der Waals surface area contributed by atoms with Gasteiger partial charge in [-0.25, -0.2) is 9.78 Å². The topological polar surface area (TPSA) is 126 Å². The van der Waals surface area contributed by atoms with Gasteiger partial charge in [0.05, 0.1) is 11.9 Å². The lowest BCUT2D eigenvalue weighted by Gasteiger charge is -2.39. The second-order valence-corrected chi connectivity index (χ2v) is 10.5. The quantitative estimate of drug-likeness (QED) is 0.501. The second-order valence-electron chi connectivity index (χ2n) is 10.5. The number of nitrogens with one attached hydrogen (secondary N) is 3. The van der Waals surface area contributed by atoms with Crippen LogP contribution in [0.25, 0.3) is 11.3 Å². The van der Waals surface area contributed by atoms with E-state index in [1.807, 2.05) is 58.0 Å². The van der Waals surface area contributed by atoms with Crippen molar-refractivity contribution in [1.29, 1.82) is 0 Å². The van der Waals surface area contributed by atoms with Crippen LogP contribution in [0.15, 0.2) is 24.5 Å². The molecule has 2 saturated heterocycles. The highest BCUT2D eigenvalue weighted by Crippen LogP contribution is 2.38. The van der Waals surface area contributed by atoms with Gasteiger partial charge in [0.2, 0.25) is 5.95 Å². The lowest BCUT2D eigenvalue weighted by atomic mass is 9.98. The van der Waals surface area contributed by atoms with Gasteiger partial charge in [0, 0.05) is 54.8 Å². The van der Waals surface area contributed by atoms with Gasteiger partial charge in [-0.05, 0) is 53.4 Å². The first-order valence-corrected chi connectivity index (χ1v) is 12.1. The van der Waals surface area contributed by atoms with Gasteiger partial charge >= 0.3 is 6.09 Å². The third-order valence-electron chi connectivity index (χ3n) is 6.36. The molecule has 3 aromatic rings. The van der Waals surface area contributed by atoms with Gasteiger partial charge in [0.15, 0.2) is 5.82 Å². The van der Waals surface area contributed by atoms with Crippen LogP contribution in [0, 0.1) is 6.92 Å². The minimum Gasteiger partial charge on any atom is -0.444 e. The third-order valence-corrected chi connectivity index (χ3v) is 6.36. The van der Waals surface area contributed by atoms with Crippen molar-refractivity contribution in [2.45, 2.75) is 77.1 Å². The van der Waals surface area contributed by atoms with Crippen molar-refractivity contribution in [2.75, 3.05) is 10.6 Å². The van der Waals surface area contributed by atoms with E-state index in [9.17, 15) is 4.79 Å². The number of amides is 1. The molecule has 0 spiro atoms. The largest absolute Gasteiger partial charge is 0.444 e. The van der Waals surface area contributed by atoms with Crippen molar-refractivity contribution < 1.29 is 9.53 Å². The average Bonchev–Trinajstić information content (AvgIpc) is 3.44. The van der Waals surface area contributed by atoms with Crippen LogP contribution in [0.1, 0.15) is 52.1 Å². The minimum atomic E-state index is -0.498. The lowest BCUT2D eigenvalue weighted by molar-refractivity contribution is 0.00682. The normalized spacial score (nSPS) is 21.7. The van der Waals surface area contributed by atoms with Crippen molar-refractivity contribution in [3.05, 3.63) is 30.2 Å². The molecule has 11 heteroatoms.